The van der Waals surface area contributed by atoms with Gasteiger partial charge in [0, 0.05) is 18.0 Å². The molecule has 0 aliphatic carbocycles. The van der Waals surface area contributed by atoms with Crippen LogP contribution in [0.15, 0.2) is 11.4 Å². The van der Waals surface area contributed by atoms with Gasteiger partial charge in [0.1, 0.15) is 6.04 Å². The second-order valence-corrected chi connectivity index (χ2v) is 7.01. The fourth-order valence-corrected chi connectivity index (χ4v) is 4.47. The van der Waals surface area contributed by atoms with Crippen molar-refractivity contribution in [2.45, 2.75) is 25.8 Å². The van der Waals surface area contributed by atoms with Crippen LogP contribution in [0, 0.1) is 0 Å². The Kier molecular flexibility index (Phi) is 4.24. The smallest absolute Gasteiger partial charge is 0.326 e. The number of carbonyl (C=O) groups is 1. The van der Waals surface area contributed by atoms with Gasteiger partial charge in [-0.1, -0.05) is 6.92 Å². The van der Waals surface area contributed by atoms with E-state index in [0.717, 1.165) is 9.18 Å². The third-order valence-corrected chi connectivity index (χ3v) is 5.58. The molecule has 0 saturated carbocycles. The Morgan fingerprint density at radius 1 is 1.63 bits per heavy atom. The average molecular weight is 304 g/mol. The number of nitrogens with one attached hydrogen (secondary N) is 1. The summed E-state index contributed by atoms with van der Waals surface area (Å²) in [4.78, 5) is 12.4. The first-order valence-corrected chi connectivity index (χ1v) is 8.35. The number of rotatable bonds is 5. The maximum absolute atomic E-state index is 12.1. The molecule has 1 atom stereocenters. The van der Waals surface area contributed by atoms with E-state index in [2.05, 4.69) is 4.72 Å². The molecule has 1 aromatic rings. The Hall–Kier alpha value is -0.960. The van der Waals surface area contributed by atoms with E-state index < -0.39 is 22.2 Å². The zero-order valence-electron chi connectivity index (χ0n) is 10.5. The Labute approximate surface area is 116 Å². The number of hydrogen-bond acceptors (Lipinski definition) is 4. The molecule has 1 aliphatic rings. The Balaban J connectivity index is 2.34. The van der Waals surface area contributed by atoms with E-state index in [4.69, 9.17) is 0 Å². The molecule has 0 bridgehead atoms. The van der Waals surface area contributed by atoms with Crippen molar-refractivity contribution in [1.29, 1.82) is 0 Å². The van der Waals surface area contributed by atoms with Gasteiger partial charge in [-0.3, -0.25) is 4.79 Å². The van der Waals surface area contributed by atoms with Crippen molar-refractivity contribution in [3.05, 3.63) is 21.9 Å². The van der Waals surface area contributed by atoms with Crippen molar-refractivity contribution in [3.8, 4) is 0 Å². The minimum Gasteiger partial charge on any atom is -0.480 e. The van der Waals surface area contributed by atoms with Gasteiger partial charge in [0.05, 0.1) is 0 Å². The lowest BCUT2D eigenvalue weighted by Crippen LogP contribution is -2.48. The molecule has 2 rings (SSSR count). The topological polar surface area (TPSA) is 86.7 Å². The first-order chi connectivity index (χ1) is 8.97. The zero-order chi connectivity index (χ0) is 14.0. The lowest BCUT2D eigenvalue weighted by molar-refractivity contribution is -0.142. The largest absolute Gasteiger partial charge is 0.480 e. The minimum atomic E-state index is -3.75. The van der Waals surface area contributed by atoms with E-state index in [9.17, 15) is 18.3 Å². The first kappa shape index (κ1) is 14.4. The van der Waals surface area contributed by atoms with Gasteiger partial charge in [0.25, 0.3) is 10.2 Å². The number of carboxylic acids is 1. The number of thiophene rings is 1. The Morgan fingerprint density at radius 3 is 3.00 bits per heavy atom. The lowest BCUT2D eigenvalue weighted by Gasteiger charge is -2.32. The van der Waals surface area contributed by atoms with Crippen LogP contribution in [0.5, 0.6) is 0 Å². The van der Waals surface area contributed by atoms with Crippen molar-refractivity contribution in [1.82, 2.24) is 9.03 Å². The molecule has 0 saturated heterocycles. The van der Waals surface area contributed by atoms with E-state index in [1.165, 1.54) is 11.3 Å². The zero-order valence-corrected chi connectivity index (χ0v) is 12.1. The standard InChI is InChI=1S/C11H16N2O4S2/c1-2-5-12-19(16,17)13-6-3-9-8(4-7-18-9)10(13)11(14)15/h4,7,10,12H,2-3,5-6H2,1H3,(H,14,15). The summed E-state index contributed by atoms with van der Waals surface area (Å²) in [6.07, 6.45) is 1.22. The molecule has 0 radical (unpaired) electrons. The van der Waals surface area contributed by atoms with Crippen LogP contribution in [0.4, 0.5) is 0 Å². The summed E-state index contributed by atoms with van der Waals surface area (Å²) in [5, 5.41) is 11.1. The highest BCUT2D eigenvalue weighted by Crippen LogP contribution is 2.34. The van der Waals surface area contributed by atoms with E-state index in [1.807, 2.05) is 6.92 Å². The summed E-state index contributed by atoms with van der Waals surface area (Å²) in [6.45, 7) is 2.36. The maximum atomic E-state index is 12.1. The molecule has 1 aromatic heterocycles. The molecule has 106 valence electrons. The van der Waals surface area contributed by atoms with Crippen molar-refractivity contribution in [2.24, 2.45) is 0 Å². The number of hydrogen-bond donors (Lipinski definition) is 2. The maximum Gasteiger partial charge on any atom is 0.326 e. The molecule has 0 fully saturated rings. The molecule has 6 nitrogen and oxygen atoms in total. The highest BCUT2D eigenvalue weighted by molar-refractivity contribution is 7.87. The number of nitrogens with zero attached hydrogens (tertiary/aromatic N) is 1. The summed E-state index contributed by atoms with van der Waals surface area (Å²) < 4.78 is 27.8. The summed E-state index contributed by atoms with van der Waals surface area (Å²) in [7, 11) is -3.75. The molecule has 1 unspecified atom stereocenters. The lowest BCUT2D eigenvalue weighted by atomic mass is 10.0. The predicted molar refractivity (Wildman–Crippen MR) is 72.3 cm³/mol. The molecule has 0 spiro atoms. The van der Waals surface area contributed by atoms with E-state index in [-0.39, 0.29) is 6.54 Å². The molecule has 0 aromatic carbocycles. The summed E-state index contributed by atoms with van der Waals surface area (Å²) in [5.41, 5.74) is 0.589. The number of aliphatic carboxylic acids is 1. The molecular weight excluding hydrogens is 288 g/mol. The first-order valence-electron chi connectivity index (χ1n) is 6.03. The summed E-state index contributed by atoms with van der Waals surface area (Å²) in [6, 6.07) is 0.574. The second-order valence-electron chi connectivity index (χ2n) is 4.30. The highest BCUT2D eigenvalue weighted by atomic mass is 32.2. The normalized spacial score (nSPS) is 20.2. The van der Waals surface area contributed by atoms with Gasteiger partial charge in [0.15, 0.2) is 0 Å². The predicted octanol–water partition coefficient (Wildman–Crippen LogP) is 0.976. The van der Waals surface area contributed by atoms with Crippen molar-refractivity contribution in [3.63, 3.8) is 0 Å². The van der Waals surface area contributed by atoms with E-state index >= 15 is 0 Å². The second kappa shape index (κ2) is 5.58. The van der Waals surface area contributed by atoms with Crippen LogP contribution in [0.2, 0.25) is 0 Å². The summed E-state index contributed by atoms with van der Waals surface area (Å²) >= 11 is 1.47. The SMILES string of the molecule is CCCNS(=O)(=O)N1CCc2sccc2C1C(=O)O. The van der Waals surface area contributed by atoms with Crippen LogP contribution >= 0.6 is 11.3 Å². The van der Waals surface area contributed by atoms with Crippen LogP contribution in [-0.4, -0.2) is 36.9 Å². The van der Waals surface area contributed by atoms with Crippen LogP contribution in [0.1, 0.15) is 29.8 Å². The van der Waals surface area contributed by atoms with Crippen LogP contribution in [0.25, 0.3) is 0 Å². The van der Waals surface area contributed by atoms with Crippen molar-refractivity contribution < 1.29 is 18.3 Å². The highest BCUT2D eigenvalue weighted by Gasteiger charge is 2.40. The average Bonchev–Trinajstić information content (AvgIpc) is 2.82. The Morgan fingerprint density at radius 2 is 2.37 bits per heavy atom. The van der Waals surface area contributed by atoms with Gasteiger partial charge in [-0.05, 0) is 29.9 Å². The quantitative estimate of drug-likeness (QED) is 0.849. The van der Waals surface area contributed by atoms with Gasteiger partial charge in [-0.15, -0.1) is 11.3 Å². The third-order valence-electron chi connectivity index (χ3n) is 3.00. The van der Waals surface area contributed by atoms with Crippen LogP contribution < -0.4 is 4.72 Å². The fourth-order valence-electron chi connectivity index (χ4n) is 2.12. The van der Waals surface area contributed by atoms with Crippen molar-refractivity contribution in [2.75, 3.05) is 13.1 Å². The van der Waals surface area contributed by atoms with E-state index in [0.29, 0.717) is 24.9 Å². The van der Waals surface area contributed by atoms with Gasteiger partial charge < -0.3 is 5.11 Å². The molecule has 1 aliphatic heterocycles. The minimum absolute atomic E-state index is 0.198. The van der Waals surface area contributed by atoms with Gasteiger partial charge in [-0.2, -0.15) is 12.7 Å². The molecule has 2 heterocycles. The molecular formula is C11H16N2O4S2. The van der Waals surface area contributed by atoms with Gasteiger partial charge in [-0.25, -0.2) is 4.72 Å². The van der Waals surface area contributed by atoms with E-state index in [1.54, 1.807) is 11.4 Å². The van der Waals surface area contributed by atoms with Gasteiger partial charge in [0.2, 0.25) is 0 Å². The number of fused-ring (bicyclic) bond motifs is 1. The molecule has 8 heteroatoms. The van der Waals surface area contributed by atoms with Gasteiger partial charge >= 0.3 is 5.97 Å². The van der Waals surface area contributed by atoms with Crippen LogP contribution in [0.3, 0.4) is 0 Å². The molecule has 0 amide bonds. The summed E-state index contributed by atoms with van der Waals surface area (Å²) in [5.74, 6) is -1.14. The number of carboxylic acid groups (broad SMARTS) is 1. The van der Waals surface area contributed by atoms with Crippen LogP contribution in [-0.2, 0) is 21.4 Å². The molecule has 2 N–H and O–H groups in total. The Bertz CT molecular complexity index is 567. The fraction of sp³-hybridized carbons (Fsp3) is 0.545. The third kappa shape index (κ3) is 2.81. The monoisotopic (exact) mass is 304 g/mol. The van der Waals surface area contributed by atoms with Crippen molar-refractivity contribution >= 4 is 27.5 Å². The molecule has 19 heavy (non-hydrogen) atoms.